The molecule has 1 aromatic rings. The van der Waals surface area contributed by atoms with Crippen LogP contribution in [0.4, 0.5) is 0 Å². The van der Waals surface area contributed by atoms with Crippen LogP contribution in [0.3, 0.4) is 0 Å². The van der Waals surface area contributed by atoms with E-state index in [4.69, 9.17) is 11.6 Å². The second kappa shape index (κ2) is 6.26. The third kappa shape index (κ3) is 3.23. The normalized spacial score (nSPS) is 12.2. The van der Waals surface area contributed by atoms with Gasteiger partial charge in [-0.2, -0.15) is 0 Å². The Labute approximate surface area is 105 Å². The average molecular weight is 253 g/mol. The highest BCUT2D eigenvalue weighted by Gasteiger charge is 2.22. The smallest absolute Gasteiger partial charge is 0.0770 e. The van der Waals surface area contributed by atoms with Gasteiger partial charge in [-0.25, -0.2) is 0 Å². The van der Waals surface area contributed by atoms with E-state index in [9.17, 15) is 0 Å². The average Bonchev–Trinajstić information content (AvgIpc) is 2.34. The van der Waals surface area contributed by atoms with E-state index in [0.717, 1.165) is 10.6 Å². The summed E-state index contributed by atoms with van der Waals surface area (Å²) in [5.74, 6) is 0. The maximum atomic E-state index is 6.15. The highest BCUT2D eigenvalue weighted by atomic mass is 35.5. The summed E-state index contributed by atoms with van der Waals surface area (Å²) in [5, 5.41) is 0.852. The fourth-order valence-corrected chi connectivity index (χ4v) is 4.92. The maximum Gasteiger partial charge on any atom is 0.0770 e. The summed E-state index contributed by atoms with van der Waals surface area (Å²) in [7, 11) is -1.16. The van der Waals surface area contributed by atoms with Crippen molar-refractivity contribution in [2.45, 2.75) is 38.9 Å². The van der Waals surface area contributed by atoms with Gasteiger partial charge in [-0.05, 0) is 11.6 Å². The lowest BCUT2D eigenvalue weighted by Gasteiger charge is -2.23. The van der Waals surface area contributed by atoms with Gasteiger partial charge in [0, 0.05) is 5.02 Å². The Morgan fingerprint density at radius 3 is 2.12 bits per heavy atom. The van der Waals surface area contributed by atoms with Crippen molar-refractivity contribution in [2.75, 3.05) is 0 Å². The van der Waals surface area contributed by atoms with Gasteiger partial charge in [0.1, 0.15) is 0 Å². The van der Waals surface area contributed by atoms with Crippen LogP contribution < -0.4 is 0 Å². The van der Waals surface area contributed by atoms with Crippen molar-refractivity contribution in [1.82, 2.24) is 0 Å². The summed E-state index contributed by atoms with van der Waals surface area (Å²) >= 11 is 6.15. The molecular weight excluding hydrogens is 232 g/mol. The van der Waals surface area contributed by atoms with Crippen LogP contribution >= 0.6 is 11.6 Å². The van der Waals surface area contributed by atoms with Crippen molar-refractivity contribution in [2.24, 2.45) is 0 Å². The molecule has 0 spiro atoms. The van der Waals surface area contributed by atoms with Gasteiger partial charge >= 0.3 is 0 Å². The van der Waals surface area contributed by atoms with E-state index in [2.05, 4.69) is 38.6 Å². The van der Waals surface area contributed by atoms with Crippen molar-refractivity contribution in [1.29, 1.82) is 0 Å². The van der Waals surface area contributed by atoms with Crippen LogP contribution in [-0.2, 0) is 0 Å². The molecule has 2 heteroatoms. The minimum Gasteiger partial charge on any atom is -0.0936 e. The number of rotatable bonds is 5. The minimum atomic E-state index is -1.16. The summed E-state index contributed by atoms with van der Waals surface area (Å²) < 4.78 is 0. The van der Waals surface area contributed by atoms with Crippen LogP contribution in [-0.4, -0.2) is 8.07 Å². The second-order valence-electron chi connectivity index (χ2n) is 4.28. The molecule has 0 radical (unpaired) electrons. The summed E-state index contributed by atoms with van der Waals surface area (Å²) in [6.07, 6.45) is 2.23. The fraction of sp³-hybridized carbons (Fsp3) is 0.429. The standard InChI is InChI=1S/C14H21ClSi/c1-4-16(5-2,6-3)12-11-13-9-7-8-10-14(13)15/h7-12H,4-6H2,1-3H3/b12-11+. The van der Waals surface area contributed by atoms with Gasteiger partial charge in [-0.1, -0.05) is 80.5 Å². The molecule has 0 nitrogen and oxygen atoms in total. The predicted molar refractivity (Wildman–Crippen MR) is 77.7 cm³/mol. The SMILES string of the molecule is CC[Si](/C=C/c1ccccc1Cl)(CC)CC. The molecule has 0 unspecified atom stereocenters. The zero-order valence-electron chi connectivity index (χ0n) is 10.5. The third-order valence-corrected chi connectivity index (χ3v) is 9.08. The molecule has 0 heterocycles. The predicted octanol–water partition coefficient (Wildman–Crippen LogP) is 5.40. The molecule has 0 saturated heterocycles. The first-order chi connectivity index (χ1) is 7.67. The molecule has 88 valence electrons. The summed E-state index contributed by atoms with van der Waals surface area (Å²) in [4.78, 5) is 0. The van der Waals surface area contributed by atoms with Gasteiger partial charge in [-0.3, -0.25) is 0 Å². The minimum absolute atomic E-state index is 0.852. The second-order valence-corrected chi connectivity index (χ2v) is 9.86. The van der Waals surface area contributed by atoms with Crippen molar-refractivity contribution in [3.8, 4) is 0 Å². The monoisotopic (exact) mass is 252 g/mol. The molecule has 0 bridgehead atoms. The molecule has 0 atom stereocenters. The lowest BCUT2D eigenvalue weighted by atomic mass is 10.2. The van der Waals surface area contributed by atoms with Gasteiger partial charge in [-0.15, -0.1) is 0 Å². The topological polar surface area (TPSA) is 0 Å². The number of hydrogen-bond acceptors (Lipinski definition) is 0. The lowest BCUT2D eigenvalue weighted by molar-refractivity contribution is 1.20. The molecule has 1 rings (SSSR count). The quantitative estimate of drug-likeness (QED) is 0.616. The Balaban J connectivity index is 2.91. The Morgan fingerprint density at radius 2 is 1.62 bits per heavy atom. The van der Waals surface area contributed by atoms with E-state index in [0.29, 0.717) is 0 Å². The molecule has 0 aliphatic carbocycles. The molecular formula is C14H21ClSi. The van der Waals surface area contributed by atoms with Crippen LogP contribution in [0.2, 0.25) is 23.2 Å². The summed E-state index contributed by atoms with van der Waals surface area (Å²) in [5.41, 5.74) is 3.62. The van der Waals surface area contributed by atoms with E-state index in [-0.39, 0.29) is 0 Å². The largest absolute Gasteiger partial charge is 0.0936 e. The van der Waals surface area contributed by atoms with E-state index in [1.165, 1.54) is 18.1 Å². The Bertz CT molecular complexity index is 345. The number of halogens is 1. The Morgan fingerprint density at radius 1 is 1.06 bits per heavy atom. The van der Waals surface area contributed by atoms with Gasteiger partial charge in [0.15, 0.2) is 0 Å². The van der Waals surface area contributed by atoms with Gasteiger partial charge in [0.05, 0.1) is 8.07 Å². The summed E-state index contributed by atoms with van der Waals surface area (Å²) in [6.45, 7) is 6.95. The van der Waals surface area contributed by atoms with Gasteiger partial charge < -0.3 is 0 Å². The third-order valence-electron chi connectivity index (χ3n) is 3.63. The number of hydrogen-bond donors (Lipinski definition) is 0. The van der Waals surface area contributed by atoms with Crippen molar-refractivity contribution in [3.63, 3.8) is 0 Å². The van der Waals surface area contributed by atoms with Crippen LogP contribution in [0.15, 0.2) is 30.0 Å². The molecule has 16 heavy (non-hydrogen) atoms. The van der Waals surface area contributed by atoms with Crippen molar-refractivity contribution < 1.29 is 0 Å². The molecule has 0 saturated carbocycles. The highest BCUT2D eigenvalue weighted by molar-refractivity contribution is 6.84. The zero-order valence-corrected chi connectivity index (χ0v) is 12.2. The molecule has 1 aromatic carbocycles. The van der Waals surface area contributed by atoms with E-state index >= 15 is 0 Å². The van der Waals surface area contributed by atoms with Gasteiger partial charge in [0.25, 0.3) is 0 Å². The zero-order chi connectivity index (χ0) is 12.0. The molecule has 0 fully saturated rings. The molecule has 0 aliphatic rings. The Hall–Kier alpha value is -0.533. The maximum absolute atomic E-state index is 6.15. The van der Waals surface area contributed by atoms with Crippen LogP contribution in [0.5, 0.6) is 0 Å². The molecule has 0 amide bonds. The molecule has 0 N–H and O–H groups in total. The van der Waals surface area contributed by atoms with Crippen molar-refractivity contribution >= 4 is 25.8 Å². The number of benzene rings is 1. The fourth-order valence-electron chi connectivity index (χ4n) is 1.98. The first kappa shape index (κ1) is 13.5. The van der Waals surface area contributed by atoms with E-state index < -0.39 is 8.07 Å². The van der Waals surface area contributed by atoms with Crippen LogP contribution in [0.1, 0.15) is 26.3 Å². The summed E-state index contributed by atoms with van der Waals surface area (Å²) in [6, 6.07) is 12.0. The van der Waals surface area contributed by atoms with Crippen LogP contribution in [0, 0.1) is 0 Å². The molecule has 0 aliphatic heterocycles. The first-order valence-electron chi connectivity index (χ1n) is 6.11. The van der Waals surface area contributed by atoms with E-state index in [1.54, 1.807) is 0 Å². The first-order valence-corrected chi connectivity index (χ1v) is 9.19. The Kier molecular flexibility index (Phi) is 5.30. The highest BCUT2D eigenvalue weighted by Crippen LogP contribution is 2.24. The van der Waals surface area contributed by atoms with Crippen LogP contribution in [0.25, 0.3) is 6.08 Å². The van der Waals surface area contributed by atoms with E-state index in [1.807, 2.05) is 18.2 Å². The lowest BCUT2D eigenvalue weighted by Crippen LogP contribution is -2.28. The van der Waals surface area contributed by atoms with Crippen molar-refractivity contribution in [3.05, 3.63) is 40.6 Å². The van der Waals surface area contributed by atoms with Gasteiger partial charge in [0.2, 0.25) is 0 Å². The molecule has 0 aromatic heterocycles.